The van der Waals surface area contributed by atoms with Crippen molar-refractivity contribution in [2.24, 2.45) is 17.6 Å². The number of nitrogens with two attached hydrogens (primary N) is 1. The van der Waals surface area contributed by atoms with Crippen molar-refractivity contribution in [1.29, 1.82) is 0 Å². The Morgan fingerprint density at radius 3 is 2.65 bits per heavy atom. The van der Waals surface area contributed by atoms with Crippen molar-refractivity contribution in [2.75, 3.05) is 33.3 Å². The van der Waals surface area contributed by atoms with Crippen LogP contribution in [-0.4, -0.2) is 38.2 Å². The summed E-state index contributed by atoms with van der Waals surface area (Å²) in [7, 11) is 1.49. The SMILES string of the molecule is COc1ccc(C(CN)C2CN3CCC2CC3)cc1F. The van der Waals surface area contributed by atoms with E-state index >= 15 is 0 Å². The second-order valence-electron chi connectivity index (χ2n) is 6.04. The number of hydrogen-bond donors (Lipinski definition) is 1. The molecule has 0 saturated carbocycles. The Morgan fingerprint density at radius 2 is 2.15 bits per heavy atom. The van der Waals surface area contributed by atoms with E-state index in [0.717, 1.165) is 18.0 Å². The molecule has 1 aromatic rings. The molecule has 2 unspecified atom stereocenters. The Labute approximate surface area is 119 Å². The van der Waals surface area contributed by atoms with E-state index in [4.69, 9.17) is 10.5 Å². The third kappa shape index (κ3) is 2.42. The molecule has 0 aromatic heterocycles. The molecule has 3 fully saturated rings. The molecule has 0 amide bonds. The topological polar surface area (TPSA) is 38.5 Å². The summed E-state index contributed by atoms with van der Waals surface area (Å²) in [5, 5.41) is 0. The number of halogens is 1. The maximum Gasteiger partial charge on any atom is 0.165 e. The van der Waals surface area contributed by atoms with Gasteiger partial charge in [-0.05, 0) is 62.0 Å². The fraction of sp³-hybridized carbons (Fsp3) is 0.625. The number of rotatable bonds is 4. The zero-order valence-corrected chi connectivity index (χ0v) is 12.0. The summed E-state index contributed by atoms with van der Waals surface area (Å²) < 4.78 is 18.9. The lowest BCUT2D eigenvalue weighted by molar-refractivity contribution is 0.0378. The number of hydrogen-bond acceptors (Lipinski definition) is 3. The Kier molecular flexibility index (Phi) is 3.94. The predicted molar refractivity (Wildman–Crippen MR) is 77.4 cm³/mol. The van der Waals surface area contributed by atoms with Gasteiger partial charge >= 0.3 is 0 Å². The summed E-state index contributed by atoms with van der Waals surface area (Å²) >= 11 is 0. The van der Waals surface area contributed by atoms with Crippen LogP contribution in [0.4, 0.5) is 4.39 Å². The molecular weight excluding hydrogens is 255 g/mol. The monoisotopic (exact) mass is 278 g/mol. The molecule has 0 radical (unpaired) electrons. The van der Waals surface area contributed by atoms with Crippen molar-refractivity contribution in [3.8, 4) is 5.75 Å². The Hall–Kier alpha value is -1.13. The zero-order chi connectivity index (χ0) is 14.1. The van der Waals surface area contributed by atoms with Crippen molar-refractivity contribution in [2.45, 2.75) is 18.8 Å². The highest BCUT2D eigenvalue weighted by Crippen LogP contribution is 2.41. The molecule has 0 aliphatic carbocycles. The summed E-state index contributed by atoms with van der Waals surface area (Å²) in [5.74, 6) is 1.58. The number of fused-ring (bicyclic) bond motifs is 3. The maximum absolute atomic E-state index is 13.9. The normalized spacial score (nSPS) is 30.2. The van der Waals surface area contributed by atoms with Gasteiger partial charge in [0.05, 0.1) is 7.11 Å². The fourth-order valence-corrected chi connectivity index (χ4v) is 3.94. The van der Waals surface area contributed by atoms with Crippen LogP contribution >= 0.6 is 0 Å². The Balaban J connectivity index is 1.84. The highest BCUT2D eigenvalue weighted by Gasteiger charge is 2.38. The van der Waals surface area contributed by atoms with Crippen LogP contribution in [0.15, 0.2) is 18.2 Å². The quantitative estimate of drug-likeness (QED) is 0.918. The first-order valence-corrected chi connectivity index (χ1v) is 7.48. The molecule has 2 atom stereocenters. The molecule has 2 bridgehead atoms. The van der Waals surface area contributed by atoms with Crippen LogP contribution in [0.25, 0.3) is 0 Å². The zero-order valence-electron chi connectivity index (χ0n) is 12.0. The van der Waals surface area contributed by atoms with E-state index in [0.29, 0.717) is 18.2 Å². The molecule has 0 spiro atoms. The lowest BCUT2D eigenvalue weighted by atomic mass is 9.70. The Bertz CT molecular complexity index is 472. The smallest absolute Gasteiger partial charge is 0.165 e. The van der Waals surface area contributed by atoms with Crippen molar-refractivity contribution >= 4 is 0 Å². The Morgan fingerprint density at radius 1 is 1.40 bits per heavy atom. The molecule has 3 heterocycles. The van der Waals surface area contributed by atoms with Gasteiger partial charge in [0.25, 0.3) is 0 Å². The van der Waals surface area contributed by atoms with E-state index in [1.807, 2.05) is 6.07 Å². The average molecular weight is 278 g/mol. The van der Waals surface area contributed by atoms with E-state index in [2.05, 4.69) is 4.90 Å². The number of nitrogens with zero attached hydrogens (tertiary/aromatic N) is 1. The van der Waals surface area contributed by atoms with Crippen LogP contribution in [0.1, 0.15) is 24.3 Å². The predicted octanol–water partition coefficient (Wildman–Crippen LogP) is 2.22. The minimum Gasteiger partial charge on any atom is -0.494 e. The largest absolute Gasteiger partial charge is 0.494 e. The number of methoxy groups -OCH3 is 1. The molecule has 4 heteroatoms. The first-order valence-electron chi connectivity index (χ1n) is 7.48. The molecule has 20 heavy (non-hydrogen) atoms. The number of benzene rings is 1. The average Bonchev–Trinajstić information content (AvgIpc) is 2.49. The maximum atomic E-state index is 13.9. The first kappa shape index (κ1) is 13.8. The van der Waals surface area contributed by atoms with Crippen molar-refractivity contribution in [1.82, 2.24) is 4.90 Å². The summed E-state index contributed by atoms with van der Waals surface area (Å²) in [5.41, 5.74) is 7.03. The lowest BCUT2D eigenvalue weighted by Gasteiger charge is -2.47. The van der Waals surface area contributed by atoms with Gasteiger partial charge in [0.15, 0.2) is 11.6 Å². The number of piperidine rings is 3. The minimum absolute atomic E-state index is 0.253. The van der Waals surface area contributed by atoms with Gasteiger partial charge in [-0.1, -0.05) is 6.07 Å². The van der Waals surface area contributed by atoms with Crippen LogP contribution < -0.4 is 10.5 Å². The van der Waals surface area contributed by atoms with E-state index in [1.54, 1.807) is 12.1 Å². The van der Waals surface area contributed by atoms with E-state index in [9.17, 15) is 4.39 Å². The fourth-order valence-electron chi connectivity index (χ4n) is 3.94. The summed E-state index contributed by atoms with van der Waals surface area (Å²) in [6.45, 7) is 4.13. The van der Waals surface area contributed by atoms with Gasteiger partial charge in [0.2, 0.25) is 0 Å². The second-order valence-corrected chi connectivity index (χ2v) is 6.04. The number of ether oxygens (including phenoxy) is 1. The molecule has 3 aliphatic rings. The van der Waals surface area contributed by atoms with Gasteiger partial charge in [-0.2, -0.15) is 0 Å². The third-order valence-electron chi connectivity index (χ3n) is 5.08. The summed E-state index contributed by atoms with van der Waals surface area (Å²) in [6, 6.07) is 5.29. The van der Waals surface area contributed by atoms with Crippen molar-refractivity contribution in [3.63, 3.8) is 0 Å². The molecule has 4 rings (SSSR count). The summed E-state index contributed by atoms with van der Waals surface area (Å²) in [6.07, 6.45) is 2.53. The van der Waals surface area contributed by atoms with Gasteiger partial charge < -0.3 is 15.4 Å². The van der Waals surface area contributed by atoms with E-state index < -0.39 is 0 Å². The van der Waals surface area contributed by atoms with Gasteiger partial charge in [-0.3, -0.25) is 0 Å². The van der Waals surface area contributed by atoms with Crippen molar-refractivity contribution in [3.05, 3.63) is 29.6 Å². The second kappa shape index (κ2) is 5.70. The standard InChI is InChI=1S/C16H23FN2O/c1-20-16-3-2-12(8-15(16)17)13(9-18)14-10-19-6-4-11(14)5-7-19/h2-3,8,11,13-14H,4-7,9-10,18H2,1H3. The van der Waals surface area contributed by atoms with Gasteiger partial charge in [-0.15, -0.1) is 0 Å². The third-order valence-corrected chi connectivity index (χ3v) is 5.08. The highest BCUT2D eigenvalue weighted by molar-refractivity contribution is 5.32. The highest BCUT2D eigenvalue weighted by atomic mass is 19.1. The molecule has 3 aliphatic heterocycles. The first-order chi connectivity index (χ1) is 9.72. The molecule has 3 saturated heterocycles. The summed E-state index contributed by atoms with van der Waals surface area (Å²) in [4.78, 5) is 2.52. The van der Waals surface area contributed by atoms with Crippen LogP contribution in [0.3, 0.4) is 0 Å². The van der Waals surface area contributed by atoms with Crippen LogP contribution in [0.5, 0.6) is 5.75 Å². The van der Waals surface area contributed by atoms with Crippen LogP contribution in [0, 0.1) is 17.7 Å². The molecular formula is C16H23FN2O. The lowest BCUT2D eigenvalue weighted by Crippen LogP contribution is -2.50. The van der Waals surface area contributed by atoms with E-state index in [-0.39, 0.29) is 11.7 Å². The van der Waals surface area contributed by atoms with Gasteiger partial charge in [-0.25, -0.2) is 4.39 Å². The van der Waals surface area contributed by atoms with E-state index in [1.165, 1.54) is 33.0 Å². The molecule has 110 valence electrons. The minimum atomic E-state index is -0.287. The molecule has 1 aromatic carbocycles. The van der Waals surface area contributed by atoms with Crippen LogP contribution in [-0.2, 0) is 0 Å². The van der Waals surface area contributed by atoms with Crippen molar-refractivity contribution < 1.29 is 9.13 Å². The van der Waals surface area contributed by atoms with Gasteiger partial charge in [0.1, 0.15) is 0 Å². The molecule has 2 N–H and O–H groups in total. The molecule has 3 nitrogen and oxygen atoms in total. The van der Waals surface area contributed by atoms with Crippen LogP contribution in [0.2, 0.25) is 0 Å². The van der Waals surface area contributed by atoms with Gasteiger partial charge in [0, 0.05) is 12.5 Å².